The molecule has 7 heterocycles. The molecular formula is C37H34N12O5S. The highest BCUT2D eigenvalue weighted by Gasteiger charge is 2.45. The summed E-state index contributed by atoms with van der Waals surface area (Å²) >= 11 is 1.44. The Morgan fingerprint density at radius 3 is 2.58 bits per heavy atom. The number of carbonyl (C=O) groups excluding carboxylic acids is 5. The van der Waals surface area contributed by atoms with E-state index in [9.17, 15) is 29.2 Å². The van der Waals surface area contributed by atoms with Gasteiger partial charge < -0.3 is 20.4 Å². The Kier molecular flexibility index (Phi) is 9.14. The number of aromatic nitrogens is 5. The fraction of sp³-hybridized carbons (Fsp3) is 0.297. The summed E-state index contributed by atoms with van der Waals surface area (Å²) in [4.78, 5) is 73.5. The maximum atomic E-state index is 13.4. The number of nitriles is 1. The number of hydrogen-bond donors (Lipinski definition) is 3. The van der Waals surface area contributed by atoms with Crippen LogP contribution in [0.15, 0.2) is 54.9 Å². The third kappa shape index (κ3) is 6.58. The first kappa shape index (κ1) is 35.3. The molecule has 2 saturated heterocycles. The van der Waals surface area contributed by atoms with Crippen LogP contribution >= 0.6 is 11.3 Å². The molecule has 4 aromatic heterocycles. The second-order valence-corrected chi connectivity index (χ2v) is 14.6. The highest BCUT2D eigenvalue weighted by molar-refractivity contribution is 7.18. The number of rotatable bonds is 9. The minimum atomic E-state index is -1.08. The standard InChI is InChI=1S/C37H34N12O5S/c1-20(2)42-26-15-27(28-7-6-22-14-21(16-38)17-41-49(22)28)39-18-24(26)34-44-45-37(55-34)47-12-10-46(11-13-47)31(51)19-40-25-5-3-4-23-32(25)36(54)48(35(23)53)29-8-9-30(50)43-33(29)52/h3-7,14-15,17-18,20,29,40H,8-13,19H2,1-2H3,(H,39,42)(H,43,50,52). The molecule has 5 amide bonds. The molecule has 2 fully saturated rings. The van der Waals surface area contributed by atoms with Gasteiger partial charge in [0.2, 0.25) is 22.9 Å². The van der Waals surface area contributed by atoms with Gasteiger partial charge in [0, 0.05) is 56.2 Å². The van der Waals surface area contributed by atoms with Crippen molar-refractivity contribution in [1.82, 2.24) is 39.9 Å². The molecule has 17 nitrogen and oxygen atoms in total. The van der Waals surface area contributed by atoms with Gasteiger partial charge in [-0.2, -0.15) is 10.4 Å². The number of anilines is 3. The molecule has 0 saturated carbocycles. The molecule has 3 aliphatic rings. The van der Waals surface area contributed by atoms with E-state index in [1.54, 1.807) is 33.8 Å². The minimum Gasteiger partial charge on any atom is -0.382 e. The van der Waals surface area contributed by atoms with E-state index in [0.29, 0.717) is 48.1 Å². The van der Waals surface area contributed by atoms with Crippen molar-refractivity contribution in [1.29, 1.82) is 5.26 Å². The van der Waals surface area contributed by atoms with Crippen LogP contribution in [0.5, 0.6) is 0 Å². The zero-order valence-electron chi connectivity index (χ0n) is 29.8. The number of piperidine rings is 1. The van der Waals surface area contributed by atoms with Crippen molar-refractivity contribution in [2.24, 2.45) is 0 Å². The number of pyridine rings is 1. The van der Waals surface area contributed by atoms with E-state index in [0.717, 1.165) is 32.5 Å². The Labute approximate surface area is 317 Å². The average Bonchev–Trinajstić information content (AvgIpc) is 3.91. The molecule has 0 spiro atoms. The fourth-order valence-corrected chi connectivity index (χ4v) is 7.92. The first-order chi connectivity index (χ1) is 26.6. The summed E-state index contributed by atoms with van der Waals surface area (Å²) < 4.78 is 1.75. The molecule has 18 heteroatoms. The highest BCUT2D eigenvalue weighted by atomic mass is 32.1. The van der Waals surface area contributed by atoms with E-state index >= 15 is 0 Å². The van der Waals surface area contributed by atoms with E-state index in [2.05, 4.69) is 42.2 Å². The molecule has 1 aromatic carbocycles. The molecule has 0 aliphatic carbocycles. The quantitative estimate of drug-likeness (QED) is 0.185. The number of carbonyl (C=O) groups is 5. The van der Waals surface area contributed by atoms with Gasteiger partial charge >= 0.3 is 0 Å². The van der Waals surface area contributed by atoms with Crippen LogP contribution in [-0.4, -0.2) is 109 Å². The lowest BCUT2D eigenvalue weighted by Crippen LogP contribution is -2.54. The van der Waals surface area contributed by atoms with Crippen LogP contribution in [0.4, 0.5) is 16.5 Å². The number of nitrogens with one attached hydrogen (secondary N) is 3. The Hall–Kier alpha value is -6.74. The Morgan fingerprint density at radius 2 is 1.82 bits per heavy atom. The molecule has 278 valence electrons. The van der Waals surface area contributed by atoms with Crippen LogP contribution in [0.3, 0.4) is 0 Å². The summed E-state index contributed by atoms with van der Waals surface area (Å²) in [7, 11) is 0. The first-order valence-corrected chi connectivity index (χ1v) is 18.5. The van der Waals surface area contributed by atoms with Gasteiger partial charge in [0.25, 0.3) is 11.8 Å². The summed E-state index contributed by atoms with van der Waals surface area (Å²) in [5.74, 6) is -2.56. The van der Waals surface area contributed by atoms with Crippen molar-refractivity contribution in [3.8, 4) is 28.0 Å². The number of nitrogens with zero attached hydrogens (tertiary/aromatic N) is 9. The van der Waals surface area contributed by atoms with E-state index in [4.69, 9.17) is 4.98 Å². The lowest BCUT2D eigenvalue weighted by Gasteiger charge is -2.34. The Morgan fingerprint density at radius 1 is 1.00 bits per heavy atom. The smallest absolute Gasteiger partial charge is 0.264 e. The van der Waals surface area contributed by atoms with Gasteiger partial charge in [-0.15, -0.1) is 10.2 Å². The predicted molar refractivity (Wildman–Crippen MR) is 201 cm³/mol. The van der Waals surface area contributed by atoms with E-state index in [1.807, 2.05) is 32.0 Å². The number of fused-ring (bicyclic) bond motifs is 2. The van der Waals surface area contributed by atoms with Crippen molar-refractivity contribution >= 4 is 62.9 Å². The van der Waals surface area contributed by atoms with Gasteiger partial charge in [-0.3, -0.25) is 39.2 Å². The van der Waals surface area contributed by atoms with E-state index in [1.165, 1.54) is 23.6 Å². The van der Waals surface area contributed by atoms with Crippen LogP contribution in [0.1, 0.15) is 53.0 Å². The zero-order valence-corrected chi connectivity index (χ0v) is 30.6. The molecule has 0 bridgehead atoms. The maximum absolute atomic E-state index is 13.4. The fourth-order valence-electron chi connectivity index (χ4n) is 6.99. The number of piperazine rings is 1. The van der Waals surface area contributed by atoms with Crippen LogP contribution in [0.25, 0.3) is 27.5 Å². The summed E-state index contributed by atoms with van der Waals surface area (Å²) in [5, 5.41) is 32.8. The first-order valence-electron chi connectivity index (χ1n) is 17.7. The Balaban J connectivity index is 0.912. The lowest BCUT2D eigenvalue weighted by atomic mass is 10.0. The topological polar surface area (TPSA) is 211 Å². The minimum absolute atomic E-state index is 0.0256. The van der Waals surface area contributed by atoms with E-state index < -0.39 is 29.7 Å². The monoisotopic (exact) mass is 758 g/mol. The molecule has 3 aliphatic heterocycles. The molecule has 1 unspecified atom stereocenters. The molecule has 5 aromatic rings. The van der Waals surface area contributed by atoms with E-state index in [-0.39, 0.29) is 42.5 Å². The lowest BCUT2D eigenvalue weighted by molar-refractivity contribution is -0.136. The van der Waals surface area contributed by atoms with Gasteiger partial charge in [-0.25, -0.2) is 4.52 Å². The van der Waals surface area contributed by atoms with Gasteiger partial charge in [-0.1, -0.05) is 17.4 Å². The molecule has 8 rings (SSSR count). The van der Waals surface area contributed by atoms with Crippen molar-refractivity contribution in [3.63, 3.8) is 0 Å². The van der Waals surface area contributed by atoms with Crippen LogP contribution in [-0.2, 0) is 14.4 Å². The van der Waals surface area contributed by atoms with Crippen LogP contribution in [0, 0.1) is 11.3 Å². The van der Waals surface area contributed by atoms with Gasteiger partial charge in [0.1, 0.15) is 12.1 Å². The molecule has 0 radical (unpaired) electrons. The third-order valence-electron chi connectivity index (χ3n) is 9.69. The van der Waals surface area contributed by atoms with Crippen molar-refractivity contribution < 1.29 is 24.0 Å². The molecule has 55 heavy (non-hydrogen) atoms. The summed E-state index contributed by atoms with van der Waals surface area (Å²) in [6, 6.07) is 13.5. The SMILES string of the molecule is CC(C)Nc1cc(-c2ccc3cc(C#N)cnn23)ncc1-c1nnc(N2CCN(C(=O)CNc3cccc4c3C(=O)N(C3CCC(=O)NC3=O)C4=O)CC2)s1. The maximum Gasteiger partial charge on any atom is 0.264 e. The number of amides is 5. The third-order valence-corrected chi connectivity index (χ3v) is 10.7. The average molecular weight is 759 g/mol. The van der Waals surface area contributed by atoms with Crippen molar-refractivity contribution in [3.05, 3.63) is 71.5 Å². The van der Waals surface area contributed by atoms with Crippen LogP contribution < -0.4 is 20.9 Å². The normalized spacial score (nSPS) is 17.1. The number of hydrogen-bond acceptors (Lipinski definition) is 14. The summed E-state index contributed by atoms with van der Waals surface area (Å²) in [6.07, 6.45) is 3.38. The largest absolute Gasteiger partial charge is 0.382 e. The van der Waals surface area contributed by atoms with Crippen LogP contribution in [0.2, 0.25) is 0 Å². The second kappa shape index (κ2) is 14.2. The molecule has 1 atom stereocenters. The van der Waals surface area contributed by atoms with Crippen molar-refractivity contribution in [2.45, 2.75) is 38.8 Å². The number of benzene rings is 1. The predicted octanol–water partition coefficient (Wildman–Crippen LogP) is 2.77. The van der Waals surface area contributed by atoms with Gasteiger partial charge in [0.15, 0.2) is 5.01 Å². The summed E-state index contributed by atoms with van der Waals surface area (Å²) in [6.45, 7) is 5.94. The zero-order chi connectivity index (χ0) is 38.4. The van der Waals surface area contributed by atoms with Gasteiger partial charge in [-0.05, 0) is 56.7 Å². The number of imide groups is 2. The molecular weight excluding hydrogens is 725 g/mol. The Bertz CT molecular complexity index is 2440. The second-order valence-electron chi connectivity index (χ2n) is 13.6. The van der Waals surface area contributed by atoms with Gasteiger partial charge in [0.05, 0.1) is 51.9 Å². The van der Waals surface area contributed by atoms with Crippen molar-refractivity contribution in [2.75, 3.05) is 48.3 Å². The highest BCUT2D eigenvalue weighted by Crippen LogP contribution is 2.36. The summed E-state index contributed by atoms with van der Waals surface area (Å²) in [5.41, 5.74) is 4.96. The molecule has 3 N–H and O–H groups in total.